The van der Waals surface area contributed by atoms with Crippen LogP contribution in [-0.4, -0.2) is 23.2 Å². The molecule has 7 rings (SSSR count). The number of benzene rings is 4. The standard InChI is InChI=1S/C23H14NO.C15H18GeN.Ir/c1-2-8-16(9-3-1)17-13-14-18(20-11-6-7-15-24-20)23-22(17)19-10-4-5-12-21(19)25-23;1-12-10-15(13-8-6-5-7-9-13)17-11-14(12)16(2,3)4;/h1-13,15H;5-8,10-11H,1-4H3;/q2*-1;. The Morgan fingerprint density at radius 3 is 2.19 bits per heavy atom. The maximum atomic E-state index is 6.23. The van der Waals surface area contributed by atoms with Gasteiger partial charge >= 0.3 is 106 Å². The van der Waals surface area contributed by atoms with Gasteiger partial charge in [-0.25, -0.2) is 0 Å². The minimum Gasteiger partial charge on any atom is -0.501 e. The molecule has 0 atom stereocenters. The van der Waals surface area contributed by atoms with E-state index < -0.39 is 13.3 Å². The van der Waals surface area contributed by atoms with E-state index in [1.165, 1.54) is 9.96 Å². The molecule has 0 aliphatic rings. The van der Waals surface area contributed by atoms with Gasteiger partial charge in [-0.05, 0) is 23.2 Å². The fraction of sp³-hybridized carbons (Fsp3) is 0.105. The van der Waals surface area contributed by atoms with Gasteiger partial charge in [0.2, 0.25) is 0 Å². The molecule has 0 aliphatic carbocycles. The molecule has 0 aliphatic heterocycles. The molecule has 215 valence electrons. The Kier molecular flexibility index (Phi) is 9.41. The van der Waals surface area contributed by atoms with Gasteiger partial charge in [0.05, 0.1) is 5.58 Å². The van der Waals surface area contributed by atoms with Gasteiger partial charge < -0.3 is 9.40 Å². The molecule has 3 heterocycles. The second-order valence-corrected chi connectivity index (χ2v) is 21.9. The number of pyridine rings is 2. The smallest absolute Gasteiger partial charge is 0.120 e. The number of nitrogens with zero attached hydrogens (tertiary/aromatic N) is 2. The van der Waals surface area contributed by atoms with Crippen molar-refractivity contribution in [1.82, 2.24) is 9.97 Å². The summed E-state index contributed by atoms with van der Waals surface area (Å²) in [6.07, 6.45) is 3.87. The topological polar surface area (TPSA) is 38.9 Å². The van der Waals surface area contributed by atoms with E-state index in [0.717, 1.165) is 55.6 Å². The van der Waals surface area contributed by atoms with Crippen LogP contribution in [0.2, 0.25) is 17.3 Å². The molecular formula is C38H32GeIrN2O-2. The molecule has 3 aromatic heterocycles. The molecular weight excluding hydrogens is 765 g/mol. The van der Waals surface area contributed by atoms with Crippen LogP contribution in [0.4, 0.5) is 0 Å². The van der Waals surface area contributed by atoms with Crippen molar-refractivity contribution >= 4 is 39.6 Å². The molecule has 0 amide bonds. The van der Waals surface area contributed by atoms with Crippen molar-refractivity contribution in [3.63, 3.8) is 0 Å². The monoisotopic (exact) mass is 799 g/mol. The zero-order valence-corrected chi connectivity index (χ0v) is 29.2. The molecule has 4 aromatic carbocycles. The van der Waals surface area contributed by atoms with Crippen molar-refractivity contribution in [3.05, 3.63) is 139 Å². The quantitative estimate of drug-likeness (QED) is 0.132. The van der Waals surface area contributed by atoms with Crippen molar-refractivity contribution in [3.8, 4) is 33.6 Å². The molecule has 0 saturated heterocycles. The SMILES string of the molecule is Cc1cc(-c2[c-]cccc2)nc[c]1[Ge]([CH3])([CH3])[CH3].[Ir].[c-]1cc(-c2ccccc2)c2c(oc3ccccc32)c1-c1ccccn1. The van der Waals surface area contributed by atoms with E-state index in [0.29, 0.717) is 0 Å². The summed E-state index contributed by atoms with van der Waals surface area (Å²) in [6, 6.07) is 43.3. The number of aromatic nitrogens is 2. The van der Waals surface area contributed by atoms with Crippen LogP contribution in [-0.2, 0) is 20.1 Å². The van der Waals surface area contributed by atoms with E-state index in [2.05, 4.69) is 95.0 Å². The van der Waals surface area contributed by atoms with Crippen LogP contribution < -0.4 is 4.40 Å². The Morgan fingerprint density at radius 1 is 0.744 bits per heavy atom. The second-order valence-electron chi connectivity index (χ2n) is 11.4. The third kappa shape index (κ3) is 6.57. The second kappa shape index (κ2) is 13.2. The number of furan rings is 1. The first kappa shape index (κ1) is 30.6. The number of hydrogen-bond donors (Lipinski definition) is 0. The normalized spacial score (nSPS) is 11.1. The van der Waals surface area contributed by atoms with Crippen molar-refractivity contribution in [2.45, 2.75) is 24.2 Å². The molecule has 7 aromatic rings. The van der Waals surface area contributed by atoms with Gasteiger partial charge in [0, 0.05) is 31.7 Å². The van der Waals surface area contributed by atoms with Crippen LogP contribution in [0.25, 0.3) is 55.6 Å². The van der Waals surface area contributed by atoms with E-state index in [1.54, 1.807) is 6.20 Å². The van der Waals surface area contributed by atoms with Crippen molar-refractivity contribution in [1.29, 1.82) is 0 Å². The first-order chi connectivity index (χ1) is 20.4. The summed E-state index contributed by atoms with van der Waals surface area (Å²) in [5.41, 5.74) is 9.23. The number of hydrogen-bond acceptors (Lipinski definition) is 3. The van der Waals surface area contributed by atoms with E-state index in [9.17, 15) is 0 Å². The van der Waals surface area contributed by atoms with E-state index >= 15 is 0 Å². The summed E-state index contributed by atoms with van der Waals surface area (Å²) in [4.78, 5) is 9.07. The Balaban J connectivity index is 0.000000180. The molecule has 43 heavy (non-hydrogen) atoms. The molecule has 0 spiro atoms. The molecule has 5 heteroatoms. The summed E-state index contributed by atoms with van der Waals surface area (Å²) in [5, 5.41) is 2.23. The average Bonchev–Trinajstić information content (AvgIpc) is 3.41. The van der Waals surface area contributed by atoms with E-state index in [1.807, 2.05) is 66.7 Å². The van der Waals surface area contributed by atoms with Crippen LogP contribution in [0.5, 0.6) is 0 Å². The largest absolute Gasteiger partial charge is 0.501 e. The van der Waals surface area contributed by atoms with E-state index in [4.69, 9.17) is 4.42 Å². The molecule has 3 nitrogen and oxygen atoms in total. The van der Waals surface area contributed by atoms with Crippen LogP contribution in [0.15, 0.2) is 126 Å². The molecule has 0 unspecified atom stereocenters. The average molecular weight is 798 g/mol. The van der Waals surface area contributed by atoms with Gasteiger partial charge in [0.15, 0.2) is 0 Å². The summed E-state index contributed by atoms with van der Waals surface area (Å²) < 4.78 is 7.72. The number of rotatable bonds is 4. The predicted molar refractivity (Wildman–Crippen MR) is 177 cm³/mol. The van der Waals surface area contributed by atoms with Gasteiger partial charge in [-0.2, -0.15) is 0 Å². The summed E-state index contributed by atoms with van der Waals surface area (Å²) in [5.74, 6) is 7.20. The molecule has 1 radical (unpaired) electrons. The molecule has 0 N–H and O–H groups in total. The third-order valence-corrected chi connectivity index (χ3v) is 11.9. The minimum absolute atomic E-state index is 0. The first-order valence-corrected chi connectivity index (χ1v) is 21.5. The van der Waals surface area contributed by atoms with Gasteiger partial charge in [0.25, 0.3) is 0 Å². The fourth-order valence-electron chi connectivity index (χ4n) is 5.36. The summed E-state index contributed by atoms with van der Waals surface area (Å²) in [6.45, 7) is 2.19. The molecule has 0 bridgehead atoms. The first-order valence-electron chi connectivity index (χ1n) is 14.2. The fourth-order valence-corrected chi connectivity index (χ4v) is 8.94. The van der Waals surface area contributed by atoms with Gasteiger partial charge in [0.1, 0.15) is 5.58 Å². The van der Waals surface area contributed by atoms with Crippen molar-refractivity contribution < 1.29 is 24.5 Å². The Bertz CT molecular complexity index is 1970. The maximum Gasteiger partial charge on any atom is 0.120 e. The maximum absolute atomic E-state index is 6.23. The van der Waals surface area contributed by atoms with Crippen LogP contribution in [0.3, 0.4) is 0 Å². The summed E-state index contributed by atoms with van der Waals surface area (Å²) >= 11 is -1.77. The van der Waals surface area contributed by atoms with Crippen LogP contribution in [0.1, 0.15) is 5.56 Å². The van der Waals surface area contributed by atoms with Gasteiger partial charge in [-0.15, -0.1) is 12.1 Å². The number of fused-ring (bicyclic) bond motifs is 3. The minimum atomic E-state index is -1.77. The van der Waals surface area contributed by atoms with E-state index in [-0.39, 0.29) is 20.1 Å². The third-order valence-electron chi connectivity index (χ3n) is 7.36. The Morgan fingerprint density at radius 2 is 1.49 bits per heavy atom. The van der Waals surface area contributed by atoms with Gasteiger partial charge in [-0.3, -0.25) is 0 Å². The Hall–Kier alpha value is -3.83. The number of aryl methyl sites for hydroxylation is 1. The Labute approximate surface area is 269 Å². The zero-order chi connectivity index (χ0) is 29.1. The number of para-hydroxylation sites is 1. The van der Waals surface area contributed by atoms with Crippen molar-refractivity contribution in [2.24, 2.45) is 0 Å². The van der Waals surface area contributed by atoms with Gasteiger partial charge in [-0.1, -0.05) is 77.4 Å². The molecule has 0 fully saturated rings. The van der Waals surface area contributed by atoms with Crippen molar-refractivity contribution in [2.75, 3.05) is 0 Å². The predicted octanol–water partition coefficient (Wildman–Crippen LogP) is 9.52. The van der Waals surface area contributed by atoms with Crippen LogP contribution in [0, 0.1) is 19.1 Å². The zero-order valence-electron chi connectivity index (χ0n) is 24.7. The molecule has 0 saturated carbocycles. The van der Waals surface area contributed by atoms with Crippen LogP contribution >= 0.6 is 0 Å². The summed E-state index contributed by atoms with van der Waals surface area (Å²) in [7, 11) is 0.